The number of halogens is 1. The molecular formula is C15H19FN2O3. The van der Waals surface area contributed by atoms with Crippen molar-refractivity contribution >= 4 is 11.8 Å². The molecule has 6 heteroatoms. The third-order valence-corrected chi connectivity index (χ3v) is 3.51. The summed E-state index contributed by atoms with van der Waals surface area (Å²) in [6, 6.07) is 5.57. The standard InChI is InChI=1S/C15H19FN2O3/c1-11(21-14-5-3-13(16)4-6-14)15(20)18-9-7-17(8-10-18)12(2)19/h3-6,11H,7-10H2,1-2H3/t11-/m0/s1. The van der Waals surface area contributed by atoms with Crippen molar-refractivity contribution in [3.8, 4) is 5.75 Å². The lowest BCUT2D eigenvalue weighted by Gasteiger charge is -2.35. The number of ether oxygens (including phenoxy) is 1. The van der Waals surface area contributed by atoms with E-state index in [9.17, 15) is 14.0 Å². The summed E-state index contributed by atoms with van der Waals surface area (Å²) in [5, 5.41) is 0. The average molecular weight is 294 g/mol. The molecule has 1 heterocycles. The van der Waals surface area contributed by atoms with Gasteiger partial charge in [-0.25, -0.2) is 4.39 Å². The molecule has 1 fully saturated rings. The van der Waals surface area contributed by atoms with E-state index in [0.717, 1.165) is 0 Å². The first-order valence-electron chi connectivity index (χ1n) is 6.94. The molecule has 0 aromatic heterocycles. The molecule has 0 radical (unpaired) electrons. The van der Waals surface area contributed by atoms with E-state index in [-0.39, 0.29) is 17.6 Å². The summed E-state index contributed by atoms with van der Waals surface area (Å²) >= 11 is 0. The van der Waals surface area contributed by atoms with Gasteiger partial charge in [0.05, 0.1) is 0 Å². The lowest BCUT2D eigenvalue weighted by molar-refractivity contribution is -0.143. The highest BCUT2D eigenvalue weighted by Crippen LogP contribution is 2.14. The minimum absolute atomic E-state index is 0.0257. The molecule has 1 saturated heterocycles. The number of benzene rings is 1. The van der Waals surface area contributed by atoms with Gasteiger partial charge < -0.3 is 14.5 Å². The van der Waals surface area contributed by atoms with Gasteiger partial charge in [0.25, 0.3) is 5.91 Å². The van der Waals surface area contributed by atoms with Crippen molar-refractivity contribution in [1.29, 1.82) is 0 Å². The van der Waals surface area contributed by atoms with Gasteiger partial charge in [0, 0.05) is 33.1 Å². The first kappa shape index (κ1) is 15.3. The van der Waals surface area contributed by atoms with Crippen LogP contribution in [0.4, 0.5) is 4.39 Å². The number of carbonyl (C=O) groups is 2. The summed E-state index contributed by atoms with van der Waals surface area (Å²) in [6.45, 7) is 5.31. The number of hydrogen-bond acceptors (Lipinski definition) is 3. The number of piperazine rings is 1. The number of amides is 2. The minimum Gasteiger partial charge on any atom is -0.481 e. The average Bonchev–Trinajstić information content (AvgIpc) is 2.49. The van der Waals surface area contributed by atoms with Crippen LogP contribution in [-0.4, -0.2) is 53.9 Å². The highest BCUT2D eigenvalue weighted by Gasteiger charge is 2.26. The molecule has 0 bridgehead atoms. The number of nitrogens with zero attached hydrogens (tertiary/aromatic N) is 2. The van der Waals surface area contributed by atoms with Gasteiger partial charge in [0.1, 0.15) is 11.6 Å². The molecular weight excluding hydrogens is 275 g/mol. The molecule has 2 rings (SSSR count). The van der Waals surface area contributed by atoms with Crippen LogP contribution in [0.3, 0.4) is 0 Å². The predicted octanol–water partition coefficient (Wildman–Crippen LogP) is 1.28. The summed E-state index contributed by atoms with van der Waals surface area (Å²) in [7, 11) is 0. The van der Waals surface area contributed by atoms with Gasteiger partial charge in [0.2, 0.25) is 5.91 Å². The van der Waals surface area contributed by atoms with Gasteiger partial charge in [-0.05, 0) is 31.2 Å². The predicted molar refractivity (Wildman–Crippen MR) is 75.3 cm³/mol. The lowest BCUT2D eigenvalue weighted by Crippen LogP contribution is -2.52. The first-order valence-corrected chi connectivity index (χ1v) is 6.94. The number of carbonyl (C=O) groups excluding carboxylic acids is 2. The third-order valence-electron chi connectivity index (χ3n) is 3.51. The van der Waals surface area contributed by atoms with Crippen LogP contribution in [0.25, 0.3) is 0 Å². The van der Waals surface area contributed by atoms with Crippen LogP contribution in [-0.2, 0) is 9.59 Å². The maximum atomic E-state index is 12.8. The van der Waals surface area contributed by atoms with Crippen LogP contribution in [0, 0.1) is 5.82 Å². The van der Waals surface area contributed by atoms with E-state index in [4.69, 9.17) is 4.74 Å². The Morgan fingerprint density at radius 2 is 1.62 bits per heavy atom. The molecule has 0 aliphatic carbocycles. The molecule has 1 atom stereocenters. The van der Waals surface area contributed by atoms with E-state index in [2.05, 4.69) is 0 Å². The van der Waals surface area contributed by atoms with Gasteiger partial charge in [-0.3, -0.25) is 9.59 Å². The lowest BCUT2D eigenvalue weighted by atomic mass is 10.2. The van der Waals surface area contributed by atoms with Crippen LogP contribution < -0.4 is 4.74 Å². The third kappa shape index (κ3) is 3.93. The molecule has 0 N–H and O–H groups in total. The van der Waals surface area contributed by atoms with E-state index in [0.29, 0.717) is 31.9 Å². The van der Waals surface area contributed by atoms with Gasteiger partial charge in [0.15, 0.2) is 6.10 Å². The van der Waals surface area contributed by atoms with E-state index < -0.39 is 6.10 Å². The molecule has 5 nitrogen and oxygen atoms in total. The highest BCUT2D eigenvalue weighted by atomic mass is 19.1. The van der Waals surface area contributed by atoms with Gasteiger partial charge in [-0.2, -0.15) is 0 Å². The Labute approximate surface area is 123 Å². The monoisotopic (exact) mass is 294 g/mol. The fourth-order valence-electron chi connectivity index (χ4n) is 2.27. The maximum Gasteiger partial charge on any atom is 0.263 e. The SMILES string of the molecule is CC(=O)N1CCN(C(=O)[C@H](C)Oc2ccc(F)cc2)CC1. The summed E-state index contributed by atoms with van der Waals surface area (Å²) in [5.74, 6) is 0.0153. The fraction of sp³-hybridized carbons (Fsp3) is 0.467. The molecule has 2 amide bonds. The molecule has 0 unspecified atom stereocenters. The second-order valence-corrected chi connectivity index (χ2v) is 5.05. The normalized spacial score (nSPS) is 16.5. The Balaban J connectivity index is 1.88. The quantitative estimate of drug-likeness (QED) is 0.844. The molecule has 0 saturated carbocycles. The Bertz CT molecular complexity index is 510. The van der Waals surface area contributed by atoms with Crippen LogP contribution in [0.5, 0.6) is 5.75 Å². The maximum absolute atomic E-state index is 12.8. The van der Waals surface area contributed by atoms with Crippen LogP contribution in [0.1, 0.15) is 13.8 Å². The van der Waals surface area contributed by atoms with E-state index in [1.165, 1.54) is 31.2 Å². The molecule has 1 aromatic rings. The van der Waals surface area contributed by atoms with Crippen molar-refractivity contribution in [3.05, 3.63) is 30.1 Å². The van der Waals surface area contributed by atoms with Crippen molar-refractivity contribution in [2.45, 2.75) is 20.0 Å². The summed E-state index contributed by atoms with van der Waals surface area (Å²) in [5.41, 5.74) is 0. The van der Waals surface area contributed by atoms with Crippen LogP contribution in [0.2, 0.25) is 0 Å². The molecule has 114 valence electrons. The van der Waals surface area contributed by atoms with Crippen molar-refractivity contribution in [1.82, 2.24) is 9.80 Å². The zero-order valence-electron chi connectivity index (χ0n) is 12.2. The smallest absolute Gasteiger partial charge is 0.263 e. The Kier molecular flexibility index (Phi) is 4.77. The summed E-state index contributed by atoms with van der Waals surface area (Å²) < 4.78 is 18.3. The zero-order chi connectivity index (χ0) is 15.4. The minimum atomic E-state index is -0.640. The van der Waals surface area contributed by atoms with Gasteiger partial charge in [-0.15, -0.1) is 0 Å². The molecule has 0 spiro atoms. The van der Waals surface area contributed by atoms with Gasteiger partial charge >= 0.3 is 0 Å². The van der Waals surface area contributed by atoms with E-state index >= 15 is 0 Å². The van der Waals surface area contributed by atoms with Crippen molar-refractivity contribution in [2.24, 2.45) is 0 Å². The summed E-state index contributed by atoms with van der Waals surface area (Å²) in [6.07, 6.45) is -0.640. The Morgan fingerprint density at radius 1 is 1.10 bits per heavy atom. The van der Waals surface area contributed by atoms with E-state index in [1.807, 2.05) is 0 Å². The van der Waals surface area contributed by atoms with Crippen molar-refractivity contribution in [3.63, 3.8) is 0 Å². The first-order chi connectivity index (χ1) is 9.97. The highest BCUT2D eigenvalue weighted by molar-refractivity contribution is 5.81. The largest absolute Gasteiger partial charge is 0.481 e. The Hall–Kier alpha value is -2.11. The van der Waals surface area contributed by atoms with E-state index in [1.54, 1.807) is 16.7 Å². The topological polar surface area (TPSA) is 49.9 Å². The van der Waals surface area contributed by atoms with Crippen molar-refractivity contribution < 1.29 is 18.7 Å². The number of hydrogen-bond donors (Lipinski definition) is 0. The second-order valence-electron chi connectivity index (χ2n) is 5.05. The number of rotatable bonds is 3. The van der Waals surface area contributed by atoms with Crippen molar-refractivity contribution in [2.75, 3.05) is 26.2 Å². The fourth-order valence-corrected chi connectivity index (χ4v) is 2.27. The molecule has 1 aliphatic heterocycles. The second kappa shape index (κ2) is 6.56. The molecule has 21 heavy (non-hydrogen) atoms. The van der Waals surface area contributed by atoms with Crippen LogP contribution in [0.15, 0.2) is 24.3 Å². The van der Waals surface area contributed by atoms with Gasteiger partial charge in [-0.1, -0.05) is 0 Å². The van der Waals surface area contributed by atoms with Crippen LogP contribution >= 0.6 is 0 Å². The molecule has 1 aromatic carbocycles. The zero-order valence-corrected chi connectivity index (χ0v) is 12.2. The Morgan fingerprint density at radius 3 is 2.14 bits per heavy atom. The summed E-state index contributed by atoms with van der Waals surface area (Å²) in [4.78, 5) is 26.9. The molecule has 1 aliphatic rings.